The zero-order chi connectivity index (χ0) is 16.4. The number of aromatic nitrogens is 1. The molecule has 23 heavy (non-hydrogen) atoms. The molecule has 0 saturated carbocycles. The second-order valence-electron chi connectivity index (χ2n) is 5.39. The summed E-state index contributed by atoms with van der Waals surface area (Å²) in [5.41, 5.74) is 2.04. The van der Waals surface area contributed by atoms with Gasteiger partial charge in [-0.15, -0.1) is 0 Å². The van der Waals surface area contributed by atoms with Crippen molar-refractivity contribution in [1.29, 1.82) is 0 Å². The number of carbonyl (C=O) groups excluding carboxylic acids is 1. The first-order chi connectivity index (χ1) is 11.1. The minimum Gasteiger partial charge on any atom is -0.497 e. The van der Waals surface area contributed by atoms with Crippen molar-refractivity contribution in [2.24, 2.45) is 0 Å². The Kier molecular flexibility index (Phi) is 4.02. The highest BCUT2D eigenvalue weighted by Gasteiger charge is 2.16. The van der Waals surface area contributed by atoms with Crippen molar-refractivity contribution in [1.82, 2.24) is 10.3 Å². The number of ether oxygens (including phenoxy) is 1. The highest BCUT2D eigenvalue weighted by molar-refractivity contribution is 5.98. The number of rotatable bonds is 4. The summed E-state index contributed by atoms with van der Waals surface area (Å²) in [4.78, 5) is 17.0. The van der Waals surface area contributed by atoms with Crippen molar-refractivity contribution in [2.45, 2.75) is 19.9 Å². The van der Waals surface area contributed by atoms with Crippen LogP contribution in [-0.2, 0) is 0 Å². The zero-order valence-electron chi connectivity index (χ0n) is 13.3. The molecule has 3 aromatic rings. The summed E-state index contributed by atoms with van der Waals surface area (Å²) in [5, 5.41) is 3.82. The minimum atomic E-state index is -0.205. The summed E-state index contributed by atoms with van der Waals surface area (Å²) in [6.45, 7) is 3.71. The molecule has 0 aliphatic rings. The maximum atomic E-state index is 12.5. The van der Waals surface area contributed by atoms with Crippen LogP contribution in [0.5, 0.6) is 5.75 Å². The van der Waals surface area contributed by atoms with Crippen LogP contribution in [0, 0.1) is 6.92 Å². The van der Waals surface area contributed by atoms with Crippen LogP contribution in [0.1, 0.15) is 34.8 Å². The molecule has 1 N–H and O–H groups in total. The lowest BCUT2D eigenvalue weighted by Gasteiger charge is -2.13. The average Bonchev–Trinajstić information content (AvgIpc) is 3.08. The number of benzene rings is 1. The van der Waals surface area contributed by atoms with E-state index in [1.807, 2.05) is 44.2 Å². The smallest absolute Gasteiger partial charge is 0.253 e. The first-order valence-corrected chi connectivity index (χ1v) is 7.38. The van der Waals surface area contributed by atoms with Gasteiger partial charge in [0, 0.05) is 11.5 Å². The molecule has 5 heteroatoms. The lowest BCUT2D eigenvalue weighted by molar-refractivity contribution is 0.0934. The second-order valence-corrected chi connectivity index (χ2v) is 5.39. The molecule has 0 aliphatic carbocycles. The number of methoxy groups -OCH3 is 1. The molecule has 1 aromatic carbocycles. The van der Waals surface area contributed by atoms with Gasteiger partial charge in [-0.3, -0.25) is 9.78 Å². The molecule has 1 amide bonds. The molecule has 0 bridgehead atoms. The predicted octanol–water partition coefficient (Wildman–Crippen LogP) is 3.64. The van der Waals surface area contributed by atoms with Crippen molar-refractivity contribution in [3.63, 3.8) is 0 Å². The van der Waals surface area contributed by atoms with Gasteiger partial charge in [0.15, 0.2) is 0 Å². The number of fused-ring (bicyclic) bond motifs is 1. The SMILES string of the molecule is COc1ccc2cc(C(=O)NC(C)c3ccco3)c(C)nc2c1. The van der Waals surface area contributed by atoms with Crippen LogP contribution in [0.3, 0.4) is 0 Å². The highest BCUT2D eigenvalue weighted by atomic mass is 16.5. The van der Waals surface area contributed by atoms with Crippen molar-refractivity contribution in [3.8, 4) is 5.75 Å². The Labute approximate surface area is 134 Å². The van der Waals surface area contributed by atoms with Gasteiger partial charge < -0.3 is 14.5 Å². The van der Waals surface area contributed by atoms with Gasteiger partial charge in [0.1, 0.15) is 11.5 Å². The molecule has 1 unspecified atom stereocenters. The van der Waals surface area contributed by atoms with Gasteiger partial charge in [0.05, 0.1) is 36.2 Å². The Morgan fingerprint density at radius 3 is 2.83 bits per heavy atom. The summed E-state index contributed by atoms with van der Waals surface area (Å²) in [6, 6.07) is 10.9. The van der Waals surface area contributed by atoms with Gasteiger partial charge in [0.25, 0.3) is 5.91 Å². The van der Waals surface area contributed by atoms with E-state index in [0.29, 0.717) is 11.3 Å². The summed E-state index contributed by atoms with van der Waals surface area (Å²) in [6.07, 6.45) is 1.59. The molecular weight excluding hydrogens is 292 g/mol. The normalized spacial score (nSPS) is 12.1. The maximum Gasteiger partial charge on any atom is 0.253 e. The fraction of sp³-hybridized carbons (Fsp3) is 0.222. The lowest BCUT2D eigenvalue weighted by atomic mass is 10.1. The molecule has 0 aliphatic heterocycles. The van der Waals surface area contributed by atoms with Gasteiger partial charge in [-0.2, -0.15) is 0 Å². The summed E-state index contributed by atoms with van der Waals surface area (Å²) >= 11 is 0. The quantitative estimate of drug-likeness (QED) is 0.799. The minimum absolute atomic E-state index is 0.170. The van der Waals surface area contributed by atoms with E-state index in [1.165, 1.54) is 0 Å². The molecule has 2 heterocycles. The van der Waals surface area contributed by atoms with E-state index in [4.69, 9.17) is 9.15 Å². The molecule has 0 fully saturated rings. The molecule has 0 radical (unpaired) electrons. The number of hydrogen-bond acceptors (Lipinski definition) is 4. The average molecular weight is 310 g/mol. The molecular formula is C18H18N2O3. The van der Waals surface area contributed by atoms with E-state index in [-0.39, 0.29) is 11.9 Å². The van der Waals surface area contributed by atoms with Crippen LogP contribution in [0.15, 0.2) is 47.1 Å². The van der Waals surface area contributed by atoms with Crippen molar-refractivity contribution < 1.29 is 13.9 Å². The molecule has 0 spiro atoms. The molecule has 1 atom stereocenters. The van der Waals surface area contributed by atoms with E-state index >= 15 is 0 Å². The summed E-state index contributed by atoms with van der Waals surface area (Å²) in [5.74, 6) is 1.29. The fourth-order valence-electron chi connectivity index (χ4n) is 2.48. The van der Waals surface area contributed by atoms with Crippen LogP contribution < -0.4 is 10.1 Å². The van der Waals surface area contributed by atoms with E-state index in [0.717, 1.165) is 22.4 Å². The van der Waals surface area contributed by atoms with Crippen LogP contribution in [0.25, 0.3) is 10.9 Å². The standard InChI is InChI=1S/C18H18N2O3/c1-11-15(18(21)20-12(2)17-5-4-8-23-17)9-13-6-7-14(22-3)10-16(13)19-11/h4-10,12H,1-3H3,(H,20,21). The van der Waals surface area contributed by atoms with Gasteiger partial charge in [-0.05, 0) is 44.2 Å². The Morgan fingerprint density at radius 2 is 2.13 bits per heavy atom. The zero-order valence-corrected chi connectivity index (χ0v) is 13.3. The Morgan fingerprint density at radius 1 is 1.30 bits per heavy atom. The van der Waals surface area contributed by atoms with E-state index < -0.39 is 0 Å². The Balaban J connectivity index is 1.89. The fourth-order valence-corrected chi connectivity index (χ4v) is 2.48. The second kappa shape index (κ2) is 6.12. The van der Waals surface area contributed by atoms with E-state index in [2.05, 4.69) is 10.3 Å². The van der Waals surface area contributed by atoms with Crippen LogP contribution in [0.4, 0.5) is 0 Å². The van der Waals surface area contributed by atoms with Gasteiger partial charge >= 0.3 is 0 Å². The number of carbonyl (C=O) groups is 1. The van der Waals surface area contributed by atoms with Gasteiger partial charge in [0.2, 0.25) is 0 Å². The number of hydrogen-bond donors (Lipinski definition) is 1. The number of pyridine rings is 1. The Hall–Kier alpha value is -2.82. The van der Waals surface area contributed by atoms with Gasteiger partial charge in [-0.1, -0.05) is 0 Å². The lowest BCUT2D eigenvalue weighted by Crippen LogP contribution is -2.27. The maximum absolute atomic E-state index is 12.5. The third kappa shape index (κ3) is 3.04. The summed E-state index contributed by atoms with van der Waals surface area (Å²) < 4.78 is 10.5. The number of nitrogens with zero attached hydrogens (tertiary/aromatic N) is 1. The van der Waals surface area contributed by atoms with Crippen molar-refractivity contribution >= 4 is 16.8 Å². The van der Waals surface area contributed by atoms with Crippen LogP contribution in [0.2, 0.25) is 0 Å². The highest BCUT2D eigenvalue weighted by Crippen LogP contribution is 2.22. The van der Waals surface area contributed by atoms with Gasteiger partial charge in [-0.25, -0.2) is 0 Å². The number of furan rings is 1. The number of aryl methyl sites for hydroxylation is 1. The predicted molar refractivity (Wildman–Crippen MR) is 87.6 cm³/mol. The number of nitrogens with one attached hydrogen (secondary N) is 1. The molecule has 3 rings (SSSR count). The third-order valence-corrected chi connectivity index (χ3v) is 3.78. The van der Waals surface area contributed by atoms with Crippen molar-refractivity contribution in [3.05, 3.63) is 59.7 Å². The largest absolute Gasteiger partial charge is 0.497 e. The van der Waals surface area contributed by atoms with E-state index in [9.17, 15) is 4.79 Å². The monoisotopic (exact) mass is 310 g/mol. The molecule has 118 valence electrons. The first-order valence-electron chi connectivity index (χ1n) is 7.38. The first kappa shape index (κ1) is 15.1. The molecule has 5 nitrogen and oxygen atoms in total. The van der Waals surface area contributed by atoms with Crippen LogP contribution >= 0.6 is 0 Å². The Bertz CT molecular complexity index is 841. The topological polar surface area (TPSA) is 64.4 Å². The summed E-state index contributed by atoms with van der Waals surface area (Å²) in [7, 11) is 1.62. The third-order valence-electron chi connectivity index (χ3n) is 3.78. The van der Waals surface area contributed by atoms with E-state index in [1.54, 1.807) is 19.4 Å². The number of amides is 1. The van der Waals surface area contributed by atoms with Crippen LogP contribution in [-0.4, -0.2) is 18.0 Å². The molecule has 2 aromatic heterocycles. The molecule has 0 saturated heterocycles. The van der Waals surface area contributed by atoms with Crippen molar-refractivity contribution in [2.75, 3.05) is 7.11 Å².